The number of aliphatic hydroxyl groups is 1. The Morgan fingerprint density at radius 2 is 1.62 bits per heavy atom. The normalized spacial score (nSPS) is 15.6. The summed E-state index contributed by atoms with van der Waals surface area (Å²) < 4.78 is 16.6. The van der Waals surface area contributed by atoms with Crippen LogP contribution in [0, 0.1) is 23.7 Å². The number of ether oxygens (including phenoxy) is 3. The van der Waals surface area contributed by atoms with Gasteiger partial charge < -0.3 is 30.4 Å². The molecule has 2 aromatic rings. The Labute approximate surface area is 254 Å². The molecule has 7 heteroatoms. The van der Waals surface area contributed by atoms with Gasteiger partial charge >= 0.3 is 0 Å². The SMILES string of the molecule is COCCCOc1cc(C[C@@H](C[C@@](C)(N)[C@@H](O)C[C@H](C(=O)NC(C)(C)c2ccccc2)C(C)C)C(C)C)ccc1OC. The molecule has 0 radical (unpaired) electrons. The third-order valence-corrected chi connectivity index (χ3v) is 8.43. The maximum atomic E-state index is 13.5. The highest BCUT2D eigenvalue weighted by molar-refractivity contribution is 5.80. The molecule has 0 aliphatic heterocycles. The van der Waals surface area contributed by atoms with Crippen LogP contribution in [0.1, 0.15) is 78.9 Å². The largest absolute Gasteiger partial charge is 0.493 e. The lowest BCUT2D eigenvalue weighted by atomic mass is 9.74. The number of carbonyl (C=O) groups is 1. The Morgan fingerprint density at radius 1 is 0.952 bits per heavy atom. The molecule has 0 bridgehead atoms. The van der Waals surface area contributed by atoms with Crippen LogP contribution in [0.5, 0.6) is 11.5 Å². The van der Waals surface area contributed by atoms with Crippen molar-refractivity contribution in [2.75, 3.05) is 27.4 Å². The molecule has 1 amide bonds. The molecular weight excluding hydrogens is 528 g/mol. The third-order valence-electron chi connectivity index (χ3n) is 8.43. The lowest BCUT2D eigenvalue weighted by Gasteiger charge is -2.38. The number of nitrogens with two attached hydrogens (primary N) is 1. The summed E-state index contributed by atoms with van der Waals surface area (Å²) in [5, 5.41) is 14.7. The summed E-state index contributed by atoms with van der Waals surface area (Å²) >= 11 is 0. The maximum absolute atomic E-state index is 13.5. The Balaban J connectivity index is 2.13. The number of nitrogens with one attached hydrogen (secondary N) is 1. The molecule has 236 valence electrons. The first-order valence-corrected chi connectivity index (χ1v) is 15.3. The maximum Gasteiger partial charge on any atom is 0.224 e. The average molecular weight is 585 g/mol. The van der Waals surface area contributed by atoms with Crippen molar-refractivity contribution in [2.45, 2.75) is 91.3 Å². The zero-order chi connectivity index (χ0) is 31.5. The predicted molar refractivity (Wildman–Crippen MR) is 171 cm³/mol. The molecule has 2 rings (SSSR count). The van der Waals surface area contributed by atoms with Crippen molar-refractivity contribution < 1.29 is 24.1 Å². The van der Waals surface area contributed by atoms with Crippen LogP contribution in [0.4, 0.5) is 0 Å². The van der Waals surface area contributed by atoms with E-state index in [0.29, 0.717) is 43.5 Å². The van der Waals surface area contributed by atoms with Gasteiger partial charge in [-0.25, -0.2) is 0 Å². The molecule has 0 heterocycles. The number of benzene rings is 2. The van der Waals surface area contributed by atoms with Crippen molar-refractivity contribution in [3.05, 3.63) is 59.7 Å². The Kier molecular flexibility index (Phi) is 13.8. The molecule has 4 N–H and O–H groups in total. The molecule has 4 atom stereocenters. The molecule has 42 heavy (non-hydrogen) atoms. The van der Waals surface area contributed by atoms with E-state index >= 15 is 0 Å². The van der Waals surface area contributed by atoms with Gasteiger partial charge in [0.25, 0.3) is 0 Å². The van der Waals surface area contributed by atoms with Gasteiger partial charge in [-0.2, -0.15) is 0 Å². The smallest absolute Gasteiger partial charge is 0.224 e. The lowest BCUT2D eigenvalue weighted by molar-refractivity contribution is -0.129. The minimum absolute atomic E-state index is 0.0459. The van der Waals surface area contributed by atoms with Crippen LogP contribution in [-0.4, -0.2) is 50.1 Å². The topological polar surface area (TPSA) is 103 Å². The van der Waals surface area contributed by atoms with Gasteiger partial charge in [0.2, 0.25) is 5.91 Å². The summed E-state index contributed by atoms with van der Waals surface area (Å²) in [5.41, 5.74) is 7.61. The second kappa shape index (κ2) is 16.3. The summed E-state index contributed by atoms with van der Waals surface area (Å²) in [6, 6.07) is 16.0. The van der Waals surface area contributed by atoms with Crippen LogP contribution < -0.4 is 20.5 Å². The zero-order valence-electron chi connectivity index (χ0n) is 27.4. The molecule has 0 aromatic heterocycles. The summed E-state index contributed by atoms with van der Waals surface area (Å²) in [7, 11) is 3.32. The number of methoxy groups -OCH3 is 2. The van der Waals surface area contributed by atoms with Crippen LogP contribution in [0.2, 0.25) is 0 Å². The molecule has 2 aromatic carbocycles. The van der Waals surface area contributed by atoms with E-state index < -0.39 is 17.2 Å². The Morgan fingerprint density at radius 3 is 2.19 bits per heavy atom. The van der Waals surface area contributed by atoms with Gasteiger partial charge in [0.05, 0.1) is 25.4 Å². The Hall–Kier alpha value is -2.61. The van der Waals surface area contributed by atoms with E-state index in [2.05, 4.69) is 25.2 Å². The third kappa shape index (κ3) is 10.6. The van der Waals surface area contributed by atoms with Crippen molar-refractivity contribution in [2.24, 2.45) is 29.4 Å². The highest BCUT2D eigenvalue weighted by atomic mass is 16.5. The van der Waals surface area contributed by atoms with E-state index in [4.69, 9.17) is 19.9 Å². The van der Waals surface area contributed by atoms with Gasteiger partial charge in [-0.05, 0) is 81.0 Å². The first-order valence-electron chi connectivity index (χ1n) is 15.3. The second-order valence-electron chi connectivity index (χ2n) is 13.2. The number of hydrogen-bond acceptors (Lipinski definition) is 6. The van der Waals surface area contributed by atoms with Crippen LogP contribution in [0.3, 0.4) is 0 Å². The van der Waals surface area contributed by atoms with Crippen LogP contribution in [-0.2, 0) is 21.5 Å². The number of rotatable bonds is 18. The van der Waals surface area contributed by atoms with Gasteiger partial charge in [0.15, 0.2) is 11.5 Å². The standard InChI is InChI=1S/C35H56N2O5/c1-24(2)27(20-26-16-17-30(41-9)31(21-26)42-19-13-18-40-8)23-35(7,36)32(38)22-29(25(3)4)33(39)37-34(5,6)28-14-11-10-12-15-28/h10-12,14-17,21,24-25,27,29,32,38H,13,18-20,22-23,36H2,1-9H3,(H,37,39)/t27-,29-,32-,35+/m0/s1. The minimum Gasteiger partial charge on any atom is -0.493 e. The predicted octanol–water partition coefficient (Wildman–Crippen LogP) is 6.11. The van der Waals surface area contributed by atoms with Crippen molar-refractivity contribution >= 4 is 5.91 Å². The fourth-order valence-corrected chi connectivity index (χ4v) is 5.41. The molecular formula is C35H56N2O5. The molecule has 0 fully saturated rings. The van der Waals surface area contributed by atoms with Crippen molar-refractivity contribution in [1.82, 2.24) is 5.32 Å². The molecule has 0 aliphatic rings. The number of amides is 1. The van der Waals surface area contributed by atoms with E-state index in [1.807, 2.05) is 77.1 Å². The molecule has 0 saturated carbocycles. The molecule has 0 unspecified atom stereocenters. The van der Waals surface area contributed by atoms with E-state index in [9.17, 15) is 9.90 Å². The Bertz CT molecular complexity index is 1080. The lowest BCUT2D eigenvalue weighted by Crippen LogP contribution is -2.53. The molecule has 0 spiro atoms. The highest BCUT2D eigenvalue weighted by Crippen LogP contribution is 2.34. The monoisotopic (exact) mass is 584 g/mol. The zero-order valence-corrected chi connectivity index (χ0v) is 27.4. The van der Waals surface area contributed by atoms with E-state index in [-0.39, 0.29) is 23.7 Å². The quantitative estimate of drug-likeness (QED) is 0.183. The molecule has 0 aliphatic carbocycles. The molecule has 7 nitrogen and oxygen atoms in total. The number of aliphatic hydroxyl groups excluding tert-OH is 1. The van der Waals surface area contributed by atoms with E-state index in [1.54, 1.807) is 14.2 Å². The summed E-state index contributed by atoms with van der Waals surface area (Å²) in [5.74, 6) is 1.58. The average Bonchev–Trinajstić information content (AvgIpc) is 2.93. The van der Waals surface area contributed by atoms with Gasteiger partial charge in [0, 0.05) is 31.6 Å². The summed E-state index contributed by atoms with van der Waals surface area (Å²) in [6.45, 7) is 15.5. The van der Waals surface area contributed by atoms with Crippen molar-refractivity contribution in [3.8, 4) is 11.5 Å². The van der Waals surface area contributed by atoms with Gasteiger partial charge in [-0.3, -0.25) is 4.79 Å². The minimum atomic E-state index is -0.872. The fraction of sp³-hybridized carbons (Fsp3) is 0.629. The first-order chi connectivity index (χ1) is 19.7. The molecule has 0 saturated heterocycles. The van der Waals surface area contributed by atoms with E-state index in [1.165, 1.54) is 0 Å². The summed E-state index contributed by atoms with van der Waals surface area (Å²) in [6.07, 6.45) is 1.65. The van der Waals surface area contributed by atoms with Crippen LogP contribution >= 0.6 is 0 Å². The second-order valence-corrected chi connectivity index (χ2v) is 13.2. The van der Waals surface area contributed by atoms with Crippen molar-refractivity contribution in [3.63, 3.8) is 0 Å². The highest BCUT2D eigenvalue weighted by Gasteiger charge is 2.37. The number of carbonyl (C=O) groups excluding carboxylic acids is 1. The van der Waals surface area contributed by atoms with E-state index in [0.717, 1.165) is 24.0 Å². The first kappa shape index (κ1) is 35.6. The van der Waals surface area contributed by atoms with Gasteiger partial charge in [0.1, 0.15) is 0 Å². The fourth-order valence-electron chi connectivity index (χ4n) is 5.41. The van der Waals surface area contributed by atoms with Gasteiger partial charge in [-0.1, -0.05) is 64.1 Å². The van der Waals surface area contributed by atoms with Crippen LogP contribution in [0.25, 0.3) is 0 Å². The van der Waals surface area contributed by atoms with Crippen molar-refractivity contribution in [1.29, 1.82) is 0 Å². The van der Waals surface area contributed by atoms with Gasteiger partial charge in [-0.15, -0.1) is 0 Å². The summed E-state index contributed by atoms with van der Waals surface area (Å²) in [4.78, 5) is 13.5. The van der Waals surface area contributed by atoms with Crippen LogP contribution in [0.15, 0.2) is 48.5 Å². The number of hydrogen-bond donors (Lipinski definition) is 3.